The maximum Gasteiger partial charge on any atom is 0.185 e. The fourth-order valence-electron chi connectivity index (χ4n) is 2.46. The van der Waals surface area contributed by atoms with Crippen LogP contribution in [-0.2, 0) is 0 Å². The first-order valence-corrected chi connectivity index (χ1v) is 7.60. The van der Waals surface area contributed by atoms with E-state index < -0.39 is 0 Å². The smallest absolute Gasteiger partial charge is 0.185 e. The Morgan fingerprint density at radius 3 is 2.94 bits per heavy atom. The highest BCUT2D eigenvalue weighted by molar-refractivity contribution is 7.15. The van der Waals surface area contributed by atoms with Crippen molar-refractivity contribution in [3.63, 3.8) is 0 Å². The van der Waals surface area contributed by atoms with Crippen LogP contribution in [0.4, 0.5) is 5.13 Å². The zero-order valence-electron chi connectivity index (χ0n) is 11.6. The van der Waals surface area contributed by atoms with Crippen LogP contribution in [0.1, 0.15) is 37.6 Å². The molecule has 0 spiro atoms. The Balaban J connectivity index is 2.17. The molecule has 2 unspecified atom stereocenters. The summed E-state index contributed by atoms with van der Waals surface area (Å²) in [6.07, 6.45) is 4.31. The van der Waals surface area contributed by atoms with E-state index in [1.54, 1.807) is 11.3 Å². The van der Waals surface area contributed by atoms with Gasteiger partial charge in [-0.05, 0) is 33.4 Å². The lowest BCUT2D eigenvalue weighted by Gasteiger charge is -2.29. The Morgan fingerprint density at radius 1 is 1.56 bits per heavy atom. The monoisotopic (exact) mass is 268 g/mol. The zero-order chi connectivity index (χ0) is 13.1. The number of hydrogen-bond donors (Lipinski definition) is 1. The molecule has 0 bridgehead atoms. The Labute approximate surface area is 114 Å². The minimum absolute atomic E-state index is 0.0889. The molecule has 1 aliphatic rings. The zero-order valence-corrected chi connectivity index (χ0v) is 12.4. The molecule has 0 aliphatic carbocycles. The summed E-state index contributed by atoms with van der Waals surface area (Å²) in [6.45, 7) is 7.69. The van der Waals surface area contributed by atoms with Gasteiger partial charge < -0.3 is 15.5 Å². The molecule has 0 saturated carbocycles. The van der Waals surface area contributed by atoms with E-state index in [0.717, 1.165) is 24.6 Å². The van der Waals surface area contributed by atoms with Crippen molar-refractivity contribution in [2.45, 2.75) is 38.8 Å². The quantitative estimate of drug-likeness (QED) is 0.911. The molecule has 0 radical (unpaired) electrons. The number of rotatable bonds is 3. The van der Waals surface area contributed by atoms with Gasteiger partial charge in [-0.1, -0.05) is 6.92 Å². The predicted molar refractivity (Wildman–Crippen MR) is 78.3 cm³/mol. The molecule has 2 atom stereocenters. The van der Waals surface area contributed by atoms with Crippen LogP contribution in [0.2, 0.25) is 0 Å². The van der Waals surface area contributed by atoms with Crippen LogP contribution in [0.25, 0.3) is 0 Å². The van der Waals surface area contributed by atoms with Gasteiger partial charge in [0.05, 0.1) is 0 Å². The van der Waals surface area contributed by atoms with Crippen LogP contribution in [-0.4, -0.2) is 42.6 Å². The van der Waals surface area contributed by atoms with Crippen molar-refractivity contribution >= 4 is 16.5 Å². The lowest BCUT2D eigenvalue weighted by atomic mass is 10.2. The summed E-state index contributed by atoms with van der Waals surface area (Å²) in [7, 11) is 2.21. The van der Waals surface area contributed by atoms with Gasteiger partial charge >= 0.3 is 0 Å². The van der Waals surface area contributed by atoms with Crippen LogP contribution < -0.4 is 10.6 Å². The van der Waals surface area contributed by atoms with Crippen LogP contribution in [0.15, 0.2) is 6.20 Å². The lowest BCUT2D eigenvalue weighted by molar-refractivity contribution is 0.328. The number of hydrogen-bond acceptors (Lipinski definition) is 5. The molecule has 2 N–H and O–H groups in total. The molecule has 1 saturated heterocycles. The van der Waals surface area contributed by atoms with Gasteiger partial charge in [-0.15, -0.1) is 11.3 Å². The first-order chi connectivity index (χ1) is 8.61. The number of aromatic nitrogens is 1. The number of thiazole rings is 1. The summed E-state index contributed by atoms with van der Waals surface area (Å²) in [6, 6.07) is 0.663. The van der Waals surface area contributed by atoms with Gasteiger partial charge in [0.25, 0.3) is 0 Å². The Bertz CT molecular complexity index is 377. The van der Waals surface area contributed by atoms with Crippen LogP contribution in [0.3, 0.4) is 0 Å². The van der Waals surface area contributed by atoms with Crippen molar-refractivity contribution in [2.75, 3.05) is 31.6 Å². The summed E-state index contributed by atoms with van der Waals surface area (Å²) in [5.74, 6) is 0. The highest BCUT2D eigenvalue weighted by Crippen LogP contribution is 2.29. The van der Waals surface area contributed by atoms with Crippen molar-refractivity contribution in [1.29, 1.82) is 0 Å². The second kappa shape index (κ2) is 5.99. The average molecular weight is 268 g/mol. The average Bonchev–Trinajstić information content (AvgIpc) is 2.74. The summed E-state index contributed by atoms with van der Waals surface area (Å²) in [5.41, 5.74) is 5.92. The van der Waals surface area contributed by atoms with Crippen molar-refractivity contribution in [1.82, 2.24) is 9.88 Å². The maximum absolute atomic E-state index is 5.92. The standard InChI is InChI=1S/C13H24N4S/c1-4-11-9-16(3)6-5-7-17(11)13-15-8-12(18-13)10(2)14/h8,10-11H,4-7,9,14H2,1-3H3. The molecule has 5 heteroatoms. The van der Waals surface area contributed by atoms with E-state index in [-0.39, 0.29) is 6.04 Å². The lowest BCUT2D eigenvalue weighted by Crippen LogP contribution is -2.39. The highest BCUT2D eigenvalue weighted by Gasteiger charge is 2.24. The molecule has 1 aliphatic heterocycles. The van der Waals surface area contributed by atoms with E-state index in [1.807, 2.05) is 13.1 Å². The van der Waals surface area contributed by atoms with Crippen molar-refractivity contribution in [3.8, 4) is 0 Å². The Morgan fingerprint density at radius 2 is 2.33 bits per heavy atom. The van der Waals surface area contributed by atoms with Gasteiger partial charge in [-0.3, -0.25) is 0 Å². The van der Waals surface area contributed by atoms with Crippen LogP contribution >= 0.6 is 11.3 Å². The molecule has 0 amide bonds. The molecule has 1 fully saturated rings. The van der Waals surface area contributed by atoms with Gasteiger partial charge in [0.2, 0.25) is 0 Å². The number of nitrogens with zero attached hydrogens (tertiary/aromatic N) is 3. The molecule has 1 aromatic rings. The van der Waals surface area contributed by atoms with E-state index in [9.17, 15) is 0 Å². The summed E-state index contributed by atoms with van der Waals surface area (Å²) >= 11 is 1.75. The number of anilines is 1. The van der Waals surface area contributed by atoms with E-state index >= 15 is 0 Å². The normalized spacial score (nSPS) is 24.0. The first kappa shape index (κ1) is 13.8. The van der Waals surface area contributed by atoms with E-state index in [0.29, 0.717) is 6.04 Å². The topological polar surface area (TPSA) is 45.4 Å². The minimum Gasteiger partial charge on any atom is -0.344 e. The summed E-state index contributed by atoms with van der Waals surface area (Å²) in [4.78, 5) is 10.6. The summed E-state index contributed by atoms with van der Waals surface area (Å²) in [5, 5.41) is 1.14. The highest BCUT2D eigenvalue weighted by atomic mass is 32.1. The third-order valence-corrected chi connectivity index (χ3v) is 4.81. The Hall–Kier alpha value is -0.650. The molecule has 2 heterocycles. The second-order valence-corrected chi connectivity index (χ2v) is 6.25. The van der Waals surface area contributed by atoms with Crippen LogP contribution in [0.5, 0.6) is 0 Å². The molecule has 4 nitrogen and oxygen atoms in total. The molecular formula is C13H24N4S. The molecular weight excluding hydrogens is 244 g/mol. The predicted octanol–water partition coefficient (Wildman–Crippen LogP) is 2.08. The minimum atomic E-state index is 0.0889. The molecule has 102 valence electrons. The van der Waals surface area contributed by atoms with E-state index in [2.05, 4.69) is 28.8 Å². The fourth-order valence-corrected chi connectivity index (χ4v) is 3.43. The Kier molecular flexibility index (Phi) is 4.59. The maximum atomic E-state index is 5.92. The summed E-state index contributed by atoms with van der Waals surface area (Å²) < 4.78 is 0. The molecule has 2 rings (SSSR count). The largest absolute Gasteiger partial charge is 0.344 e. The number of nitrogens with two attached hydrogens (primary N) is 1. The van der Waals surface area contributed by atoms with E-state index in [1.165, 1.54) is 17.8 Å². The molecule has 18 heavy (non-hydrogen) atoms. The molecule has 0 aromatic carbocycles. The second-order valence-electron chi connectivity index (χ2n) is 5.21. The fraction of sp³-hybridized carbons (Fsp3) is 0.769. The third kappa shape index (κ3) is 3.02. The third-order valence-electron chi connectivity index (χ3n) is 3.58. The number of likely N-dealkylation sites (N-methyl/N-ethyl adjacent to an activating group) is 1. The first-order valence-electron chi connectivity index (χ1n) is 6.78. The van der Waals surface area contributed by atoms with Crippen molar-refractivity contribution in [3.05, 3.63) is 11.1 Å². The SMILES string of the molecule is CCC1CN(C)CCCN1c1ncc(C(C)N)s1. The molecule has 1 aromatic heterocycles. The van der Waals surface area contributed by atoms with E-state index in [4.69, 9.17) is 5.73 Å². The van der Waals surface area contributed by atoms with Gasteiger partial charge in [-0.2, -0.15) is 0 Å². The van der Waals surface area contributed by atoms with Gasteiger partial charge in [0.15, 0.2) is 5.13 Å². The van der Waals surface area contributed by atoms with Crippen LogP contribution in [0, 0.1) is 0 Å². The van der Waals surface area contributed by atoms with Gasteiger partial charge in [-0.25, -0.2) is 4.98 Å². The van der Waals surface area contributed by atoms with Gasteiger partial charge in [0, 0.05) is 36.2 Å². The van der Waals surface area contributed by atoms with Crippen molar-refractivity contribution in [2.24, 2.45) is 5.73 Å². The van der Waals surface area contributed by atoms with Crippen molar-refractivity contribution < 1.29 is 0 Å². The van der Waals surface area contributed by atoms with Gasteiger partial charge in [0.1, 0.15) is 0 Å².